The number of alkyl halides is 6. The number of carbonyl (C=O) groups excluding carboxylic acids is 5. The van der Waals surface area contributed by atoms with Crippen LogP contribution in [0.25, 0.3) is 110 Å². The maximum atomic E-state index is 13.4. The molecule has 0 bridgehead atoms. The van der Waals surface area contributed by atoms with Crippen LogP contribution in [0.3, 0.4) is 0 Å². The number of H-pyrrole nitrogens is 5. The van der Waals surface area contributed by atoms with E-state index in [1.54, 1.807) is 91.9 Å². The normalized spacial score (nSPS) is 12.5. The van der Waals surface area contributed by atoms with Crippen molar-refractivity contribution in [2.75, 3.05) is 66.9 Å². The molecule has 11 aromatic heterocycles. The van der Waals surface area contributed by atoms with Crippen LogP contribution < -0.4 is 26.6 Å². The van der Waals surface area contributed by atoms with Crippen molar-refractivity contribution in [3.05, 3.63) is 373 Å². The predicted molar refractivity (Wildman–Crippen MR) is 534 cm³/mol. The first-order valence-corrected chi connectivity index (χ1v) is 45.3. The maximum Gasteiger partial charge on any atom is 0.416 e. The molecule has 9 aromatic carbocycles. The average molecular weight is 1940 g/mol. The lowest BCUT2D eigenvalue weighted by Gasteiger charge is -2.30. The number of hydrogen-bond acceptors (Lipinski definition) is 21. The van der Waals surface area contributed by atoms with Crippen molar-refractivity contribution < 1.29 is 54.7 Å². The molecular weight excluding hydrogens is 1850 g/mol. The molecule has 0 unspecified atom stereocenters. The van der Waals surface area contributed by atoms with Gasteiger partial charge in [0.15, 0.2) is 28.5 Å². The monoisotopic (exact) mass is 1940 g/mol. The van der Waals surface area contributed by atoms with Gasteiger partial charge in [-0.25, -0.2) is 14.4 Å². The number of likely N-dealkylation sites (tertiary alicyclic amines) is 2. The number of pyridine rings is 4. The molecule has 2 aliphatic heterocycles. The highest BCUT2D eigenvalue weighted by atomic mass is 19.4. The molecule has 31 nitrogen and oxygen atoms in total. The Kier molecular flexibility index (Phi) is 29.0. The second kappa shape index (κ2) is 43.5. The van der Waals surface area contributed by atoms with Crippen LogP contribution in [-0.2, 0) is 32.0 Å². The fourth-order valence-corrected chi connectivity index (χ4v) is 16.2. The molecule has 0 spiro atoms. The van der Waals surface area contributed by atoms with Gasteiger partial charge in [0.2, 0.25) is 0 Å². The molecule has 38 heteroatoms. The number of fused-ring (bicyclic) bond motifs is 5. The smallest absolute Gasteiger partial charge is 0.321 e. The van der Waals surface area contributed by atoms with Gasteiger partial charge in [0.25, 0.3) is 29.5 Å². The number of rotatable bonds is 21. The molecule has 22 rings (SSSR count). The maximum absolute atomic E-state index is 13.4. The molecule has 5 amide bonds. The van der Waals surface area contributed by atoms with E-state index in [4.69, 9.17) is 0 Å². The van der Waals surface area contributed by atoms with Crippen LogP contribution in [0.2, 0.25) is 0 Å². The average Bonchev–Trinajstić information content (AvgIpc) is 1.67. The summed E-state index contributed by atoms with van der Waals surface area (Å²) in [5, 5.41) is 59.8. The fraction of sp³-hybridized carbons (Fsp3) is 0.132. The molecular formula is C106H87F7N26O5. The van der Waals surface area contributed by atoms with Gasteiger partial charge in [0.1, 0.15) is 12.1 Å². The Morgan fingerprint density at radius 3 is 1.12 bits per heavy atom. The van der Waals surface area contributed by atoms with Gasteiger partial charge in [-0.05, 0) is 268 Å². The van der Waals surface area contributed by atoms with Crippen molar-refractivity contribution in [2.45, 2.75) is 51.2 Å². The van der Waals surface area contributed by atoms with Crippen molar-refractivity contribution in [1.82, 2.24) is 106 Å². The second-order valence-corrected chi connectivity index (χ2v) is 34.0. The van der Waals surface area contributed by atoms with Gasteiger partial charge in [-0.1, -0.05) is 66.7 Å². The summed E-state index contributed by atoms with van der Waals surface area (Å²) in [6, 6.07) is 66.8. The van der Waals surface area contributed by atoms with Gasteiger partial charge in [-0.15, -0.1) is 0 Å². The zero-order valence-electron chi connectivity index (χ0n) is 76.9. The summed E-state index contributed by atoms with van der Waals surface area (Å²) in [5.74, 6) is -2.28. The van der Waals surface area contributed by atoms with Gasteiger partial charge in [0, 0.05) is 141 Å². The first-order chi connectivity index (χ1) is 69.8. The Bertz CT molecular complexity index is 7760. The summed E-state index contributed by atoms with van der Waals surface area (Å²) in [6.07, 6.45) is 14.5. The van der Waals surface area contributed by atoms with Crippen molar-refractivity contribution >= 4 is 112 Å². The number of aromatic nitrogens is 18. The summed E-state index contributed by atoms with van der Waals surface area (Å²) in [4.78, 5) is 95.3. The third-order valence-electron chi connectivity index (χ3n) is 23.6. The van der Waals surface area contributed by atoms with Crippen LogP contribution in [-0.4, -0.2) is 176 Å². The number of para-hydroxylation sites is 1. The van der Waals surface area contributed by atoms with E-state index in [1.807, 2.05) is 148 Å². The van der Waals surface area contributed by atoms with Gasteiger partial charge in [0.05, 0.1) is 74.9 Å². The minimum absolute atomic E-state index is 0.133. The number of benzene rings is 9. The summed E-state index contributed by atoms with van der Waals surface area (Å²) < 4.78 is 89.3. The van der Waals surface area contributed by atoms with E-state index < -0.39 is 41.1 Å². The number of carbonyl (C=O) groups is 5. The standard InChI is InChI=1S/C25H27N7O.C24H23N5O.2C19H12F3N5O.C19H13FN4O/c1-31(2)15-17-10-19(13-26-12-17)18-4-7-23-22(11-18)24(30-29-23)25(33)28-20-5-6-21(27-14-20)16-32-8-3-9-32;30-24(26-20-8-5-17(6-9-20)16-29-12-1-2-13-29)23-21-14-18(7-10-22(21)27-28-23)19-4-3-11-25-15-19;20-19(21,22)13-2-4-14(5-3-13)25-18(28)17-15-7-11(1-6-16(15)26-27-17)12-8-23-10-24-9-12;20-19(21,22)13-2-4-14(5-3-13)25-18(28)17-15-9-11(1-6-16(15)26-27-17)12-7-8-23-24-10-12;20-14-8-13(10-21-11-14)12-6-7-17-16(9-12)18(24-23-17)19(25)22-15-4-2-1-3-5-15/h4-7,10-14H,3,8-9,15-16H2,1-2H3,(H,28,33)(H,29,30);3-11,14-15H,1-2,12-13,16H2,(H,26,30)(H,27,28);2*1-10H,(H,25,28)(H,26,27);1-11H,(H,22,25)(H,23,24). The Morgan fingerprint density at radius 1 is 0.326 bits per heavy atom. The second-order valence-electron chi connectivity index (χ2n) is 34.0. The van der Waals surface area contributed by atoms with E-state index in [2.05, 4.69) is 151 Å². The largest absolute Gasteiger partial charge is 0.416 e. The van der Waals surface area contributed by atoms with Crippen LogP contribution in [0, 0.1) is 5.82 Å². The topological polar surface area (TPSA) is 402 Å². The predicted octanol–water partition coefficient (Wildman–Crippen LogP) is 20.6. The summed E-state index contributed by atoms with van der Waals surface area (Å²) in [7, 11) is 4.06. The van der Waals surface area contributed by atoms with Crippen LogP contribution in [0.5, 0.6) is 0 Å². The third-order valence-corrected chi connectivity index (χ3v) is 23.6. The SMILES string of the molecule is CN(C)Cc1cncc(-c2ccc3[nH]nc(C(=O)Nc4ccc(CN5CCC5)nc4)c3c2)c1.O=C(Nc1ccc(C(F)(F)F)cc1)c1n[nH]c2ccc(-c3ccnnc3)cc12.O=C(Nc1ccc(C(F)(F)F)cc1)c1n[nH]c2ccc(-c3cncnc3)cc12.O=C(Nc1ccc(CN2CCCC2)cc1)c1n[nH]c2ccc(-c3cccnc3)cc12.O=C(Nc1ccccc1)c1n[nH]c2ccc(-c3cncc(F)c3)cc12. The number of halogens is 7. The zero-order valence-corrected chi connectivity index (χ0v) is 76.9. The van der Waals surface area contributed by atoms with E-state index in [9.17, 15) is 54.7 Å². The molecule has 13 heterocycles. The Labute approximate surface area is 815 Å². The molecule has 2 fully saturated rings. The quantitative estimate of drug-likeness (QED) is 0.0299. The van der Waals surface area contributed by atoms with Gasteiger partial charge in [-0.2, -0.15) is 62.0 Å². The number of nitrogens with one attached hydrogen (secondary N) is 10. The minimum atomic E-state index is -4.43. The molecule has 20 aromatic rings. The molecule has 10 N–H and O–H groups in total. The minimum Gasteiger partial charge on any atom is -0.321 e. The van der Waals surface area contributed by atoms with E-state index in [1.165, 1.54) is 74.6 Å². The Morgan fingerprint density at radius 2 is 0.715 bits per heavy atom. The third kappa shape index (κ3) is 23.7. The van der Waals surface area contributed by atoms with Gasteiger partial charge < -0.3 is 31.5 Å². The molecule has 720 valence electrons. The lowest BCUT2D eigenvalue weighted by Crippen LogP contribution is -2.36. The highest BCUT2D eigenvalue weighted by Gasteiger charge is 2.32. The molecule has 144 heavy (non-hydrogen) atoms. The first-order valence-electron chi connectivity index (χ1n) is 45.3. The molecule has 0 saturated carbocycles. The molecule has 0 radical (unpaired) electrons. The zero-order chi connectivity index (χ0) is 99.8. The van der Waals surface area contributed by atoms with Crippen molar-refractivity contribution in [3.8, 4) is 55.6 Å². The summed E-state index contributed by atoms with van der Waals surface area (Å²) >= 11 is 0. The number of aromatic amines is 5. The highest BCUT2D eigenvalue weighted by Crippen LogP contribution is 2.36. The molecule has 2 saturated heterocycles. The number of hydrogen-bond donors (Lipinski definition) is 10. The lowest BCUT2D eigenvalue weighted by atomic mass is 10.0. The number of anilines is 5. The van der Waals surface area contributed by atoms with Crippen LogP contribution in [0.4, 0.5) is 59.2 Å². The number of amides is 5. The van der Waals surface area contributed by atoms with E-state index >= 15 is 0 Å². The van der Waals surface area contributed by atoms with Crippen molar-refractivity contribution in [1.29, 1.82) is 0 Å². The first kappa shape index (κ1) is 96.1. The summed E-state index contributed by atoms with van der Waals surface area (Å²) in [5.41, 5.74) is 18.0. The van der Waals surface area contributed by atoms with Crippen LogP contribution in [0.1, 0.15) is 99.7 Å². The van der Waals surface area contributed by atoms with E-state index in [-0.39, 0.29) is 46.2 Å². The van der Waals surface area contributed by atoms with Crippen molar-refractivity contribution in [3.63, 3.8) is 0 Å². The van der Waals surface area contributed by atoms with E-state index in [0.29, 0.717) is 55.5 Å². The Hall–Kier alpha value is -18.2. The molecule has 2 aliphatic rings. The lowest BCUT2D eigenvalue weighted by molar-refractivity contribution is -0.138. The fourth-order valence-electron chi connectivity index (χ4n) is 16.2. The van der Waals surface area contributed by atoms with Gasteiger partial charge in [-0.3, -0.25) is 79.2 Å². The molecule has 0 aliphatic carbocycles. The summed E-state index contributed by atoms with van der Waals surface area (Å²) in [6.45, 7) is 7.24. The van der Waals surface area contributed by atoms with Crippen LogP contribution >= 0.6 is 0 Å². The number of nitrogens with zero attached hydrogens (tertiary/aromatic N) is 16. The van der Waals surface area contributed by atoms with Crippen LogP contribution in [0.15, 0.2) is 311 Å². The van der Waals surface area contributed by atoms with Crippen molar-refractivity contribution in [2.24, 2.45) is 0 Å². The van der Waals surface area contributed by atoms with E-state index in [0.717, 1.165) is 158 Å². The highest BCUT2D eigenvalue weighted by molar-refractivity contribution is 6.15. The van der Waals surface area contributed by atoms with Gasteiger partial charge >= 0.3 is 12.4 Å². The molecule has 0 atom stereocenters. The Balaban J connectivity index is 0.000000119.